The quantitative estimate of drug-likeness (QED) is 0.595. The Labute approximate surface area is 100.0 Å². The fourth-order valence-electron chi connectivity index (χ4n) is 2.16. The van der Waals surface area contributed by atoms with E-state index in [1.165, 1.54) is 30.4 Å². The van der Waals surface area contributed by atoms with Crippen molar-refractivity contribution in [1.29, 1.82) is 0 Å². The Balaban J connectivity index is 2.02. The minimum absolute atomic E-state index is 0.342. The van der Waals surface area contributed by atoms with Crippen molar-refractivity contribution in [2.75, 3.05) is 11.9 Å². The topological polar surface area (TPSA) is 9.23 Å². The largest absolute Gasteiger partial charge is 0.373 e. The fraction of sp³-hybridized carbons (Fsp3) is 0.538. The average molecular weight is 269 g/mol. The number of hydrogen-bond donors (Lipinski definition) is 0. The average Bonchev–Trinajstić information content (AvgIpc) is 2.30. The van der Waals surface area contributed by atoms with E-state index >= 15 is 0 Å². The molecule has 0 N–H and O–H groups in total. The van der Waals surface area contributed by atoms with Gasteiger partial charge < -0.3 is 4.74 Å². The third kappa shape index (κ3) is 2.82. The van der Waals surface area contributed by atoms with Crippen LogP contribution in [0.2, 0.25) is 0 Å². The molecule has 1 aliphatic rings. The normalized spacial score (nSPS) is 19.9. The molecule has 0 fully saturated rings. The van der Waals surface area contributed by atoms with E-state index in [1.807, 2.05) is 0 Å². The van der Waals surface area contributed by atoms with Crippen LogP contribution in [-0.4, -0.2) is 11.9 Å². The molecule has 0 radical (unpaired) electrons. The standard InChI is InChI=1S/C13H17BrO/c14-9-4-10-15-13-8-3-6-11-5-1-2-7-12(11)13/h1-2,5,7,13H,3-4,6,8-10H2. The van der Waals surface area contributed by atoms with E-state index in [2.05, 4.69) is 40.2 Å². The van der Waals surface area contributed by atoms with Crippen LogP contribution in [-0.2, 0) is 11.2 Å². The van der Waals surface area contributed by atoms with Crippen molar-refractivity contribution >= 4 is 15.9 Å². The van der Waals surface area contributed by atoms with Gasteiger partial charge in [-0.1, -0.05) is 40.2 Å². The summed E-state index contributed by atoms with van der Waals surface area (Å²) in [6.45, 7) is 0.865. The van der Waals surface area contributed by atoms with Gasteiger partial charge in [0, 0.05) is 11.9 Å². The maximum Gasteiger partial charge on any atom is 0.0827 e. The lowest BCUT2D eigenvalue weighted by Crippen LogP contribution is -2.13. The van der Waals surface area contributed by atoms with Crippen LogP contribution in [0.15, 0.2) is 24.3 Å². The van der Waals surface area contributed by atoms with Crippen LogP contribution in [0.3, 0.4) is 0 Å². The molecule has 0 aromatic heterocycles. The van der Waals surface area contributed by atoms with E-state index in [1.54, 1.807) is 0 Å². The van der Waals surface area contributed by atoms with Crippen LogP contribution in [0, 0.1) is 0 Å². The predicted octanol–water partition coefficient (Wildman–Crippen LogP) is 3.87. The van der Waals surface area contributed by atoms with Crippen LogP contribution >= 0.6 is 15.9 Å². The first-order chi connectivity index (χ1) is 7.42. The van der Waals surface area contributed by atoms with Crippen molar-refractivity contribution in [3.8, 4) is 0 Å². The lowest BCUT2D eigenvalue weighted by atomic mass is 9.89. The van der Waals surface area contributed by atoms with Crippen LogP contribution in [0.1, 0.15) is 36.5 Å². The molecule has 15 heavy (non-hydrogen) atoms. The monoisotopic (exact) mass is 268 g/mol. The van der Waals surface area contributed by atoms with Crippen LogP contribution < -0.4 is 0 Å². The molecule has 0 spiro atoms. The van der Waals surface area contributed by atoms with E-state index in [-0.39, 0.29) is 0 Å². The Morgan fingerprint density at radius 2 is 2.20 bits per heavy atom. The molecule has 1 atom stereocenters. The van der Waals surface area contributed by atoms with Gasteiger partial charge in [0.2, 0.25) is 0 Å². The summed E-state index contributed by atoms with van der Waals surface area (Å²) in [4.78, 5) is 0. The molecule has 0 bridgehead atoms. The first-order valence-electron chi connectivity index (χ1n) is 5.67. The predicted molar refractivity (Wildman–Crippen MR) is 66.5 cm³/mol. The van der Waals surface area contributed by atoms with E-state index in [0.29, 0.717) is 6.10 Å². The molecule has 82 valence electrons. The molecule has 1 nitrogen and oxygen atoms in total. The van der Waals surface area contributed by atoms with Gasteiger partial charge in [0.15, 0.2) is 0 Å². The second-order valence-electron chi connectivity index (χ2n) is 3.99. The number of ether oxygens (including phenoxy) is 1. The van der Waals surface area contributed by atoms with Gasteiger partial charge >= 0.3 is 0 Å². The summed E-state index contributed by atoms with van der Waals surface area (Å²) in [5, 5.41) is 1.03. The summed E-state index contributed by atoms with van der Waals surface area (Å²) < 4.78 is 5.92. The Hall–Kier alpha value is -0.340. The molecule has 1 unspecified atom stereocenters. The summed E-state index contributed by atoms with van der Waals surface area (Å²) in [5.74, 6) is 0. The molecule has 0 saturated heterocycles. The van der Waals surface area contributed by atoms with Gasteiger partial charge in [0.05, 0.1) is 6.10 Å². The molecule has 0 aliphatic heterocycles. The minimum Gasteiger partial charge on any atom is -0.373 e. The number of hydrogen-bond acceptors (Lipinski definition) is 1. The molecule has 1 aromatic carbocycles. The Bertz CT molecular complexity index is 311. The van der Waals surface area contributed by atoms with Crippen LogP contribution in [0.4, 0.5) is 0 Å². The molecule has 0 amide bonds. The van der Waals surface area contributed by atoms with E-state index in [4.69, 9.17) is 4.74 Å². The highest BCUT2D eigenvalue weighted by Gasteiger charge is 2.19. The first-order valence-corrected chi connectivity index (χ1v) is 6.79. The molecule has 1 aromatic rings. The lowest BCUT2D eigenvalue weighted by molar-refractivity contribution is 0.0417. The maximum atomic E-state index is 5.92. The summed E-state index contributed by atoms with van der Waals surface area (Å²) >= 11 is 3.43. The molecule has 0 heterocycles. The molecule has 0 saturated carbocycles. The third-order valence-corrected chi connectivity index (χ3v) is 3.47. The highest BCUT2D eigenvalue weighted by molar-refractivity contribution is 9.09. The highest BCUT2D eigenvalue weighted by Crippen LogP contribution is 2.32. The summed E-state index contributed by atoms with van der Waals surface area (Å²) in [6, 6.07) is 8.69. The van der Waals surface area contributed by atoms with Crippen molar-refractivity contribution < 1.29 is 4.74 Å². The number of aryl methyl sites for hydroxylation is 1. The van der Waals surface area contributed by atoms with Gasteiger partial charge in [-0.2, -0.15) is 0 Å². The molecule has 2 heteroatoms. The number of benzene rings is 1. The molecule has 1 aliphatic carbocycles. The van der Waals surface area contributed by atoms with Crippen molar-refractivity contribution in [2.45, 2.75) is 31.8 Å². The first kappa shape index (κ1) is 11.2. The second kappa shape index (κ2) is 5.66. The zero-order chi connectivity index (χ0) is 10.5. The lowest BCUT2D eigenvalue weighted by Gasteiger charge is -2.25. The second-order valence-corrected chi connectivity index (χ2v) is 4.79. The molecular formula is C13H17BrO. The smallest absolute Gasteiger partial charge is 0.0827 e. The molecular weight excluding hydrogens is 252 g/mol. The van der Waals surface area contributed by atoms with Crippen molar-refractivity contribution in [3.63, 3.8) is 0 Å². The fourth-order valence-corrected chi connectivity index (χ4v) is 2.39. The Morgan fingerprint density at radius 1 is 1.33 bits per heavy atom. The Morgan fingerprint density at radius 3 is 3.07 bits per heavy atom. The van der Waals surface area contributed by atoms with Gasteiger partial charge in [-0.25, -0.2) is 0 Å². The minimum atomic E-state index is 0.342. The van der Waals surface area contributed by atoms with Gasteiger partial charge in [0.25, 0.3) is 0 Å². The number of fused-ring (bicyclic) bond motifs is 1. The van der Waals surface area contributed by atoms with E-state index in [0.717, 1.165) is 18.4 Å². The van der Waals surface area contributed by atoms with Crippen LogP contribution in [0.5, 0.6) is 0 Å². The summed E-state index contributed by atoms with van der Waals surface area (Å²) in [7, 11) is 0. The number of halogens is 1. The van der Waals surface area contributed by atoms with Gasteiger partial charge in [-0.05, 0) is 36.8 Å². The van der Waals surface area contributed by atoms with Gasteiger partial charge in [0.1, 0.15) is 0 Å². The van der Waals surface area contributed by atoms with E-state index < -0.39 is 0 Å². The maximum absolute atomic E-state index is 5.92. The van der Waals surface area contributed by atoms with Crippen molar-refractivity contribution in [1.82, 2.24) is 0 Å². The highest BCUT2D eigenvalue weighted by atomic mass is 79.9. The van der Waals surface area contributed by atoms with Crippen molar-refractivity contribution in [3.05, 3.63) is 35.4 Å². The van der Waals surface area contributed by atoms with Gasteiger partial charge in [-0.3, -0.25) is 0 Å². The van der Waals surface area contributed by atoms with Crippen LogP contribution in [0.25, 0.3) is 0 Å². The number of alkyl halides is 1. The van der Waals surface area contributed by atoms with E-state index in [9.17, 15) is 0 Å². The zero-order valence-corrected chi connectivity index (χ0v) is 10.5. The summed E-state index contributed by atoms with van der Waals surface area (Å²) in [5.41, 5.74) is 2.89. The summed E-state index contributed by atoms with van der Waals surface area (Å²) in [6.07, 6.45) is 5.09. The number of rotatable bonds is 4. The Kier molecular flexibility index (Phi) is 4.21. The zero-order valence-electron chi connectivity index (χ0n) is 8.92. The third-order valence-electron chi connectivity index (χ3n) is 2.91. The van der Waals surface area contributed by atoms with Gasteiger partial charge in [-0.15, -0.1) is 0 Å². The molecule has 2 rings (SSSR count). The SMILES string of the molecule is BrCCCOC1CCCc2ccccc21. The van der Waals surface area contributed by atoms with Crippen molar-refractivity contribution in [2.24, 2.45) is 0 Å².